The second-order valence-electron chi connectivity index (χ2n) is 6.36. The molecule has 0 aliphatic carbocycles. The van der Waals surface area contributed by atoms with Crippen LogP contribution in [-0.4, -0.2) is 33.5 Å². The zero-order chi connectivity index (χ0) is 17.6. The highest BCUT2D eigenvalue weighted by atomic mass is 19.1. The SMILES string of the molecule is Cc1ccc2oc(C(=O)N3CC(O)CC3c3cccc(F)c3)cc2n1. The molecule has 128 valence electrons. The molecular weight excluding hydrogens is 323 g/mol. The summed E-state index contributed by atoms with van der Waals surface area (Å²) in [5.74, 6) is -0.528. The largest absolute Gasteiger partial charge is 0.449 e. The highest BCUT2D eigenvalue weighted by Gasteiger charge is 2.37. The molecule has 1 aromatic carbocycles. The molecule has 1 fully saturated rings. The Morgan fingerprint density at radius 2 is 2.16 bits per heavy atom. The van der Waals surface area contributed by atoms with Gasteiger partial charge in [-0.2, -0.15) is 0 Å². The molecule has 2 unspecified atom stereocenters. The summed E-state index contributed by atoms with van der Waals surface area (Å²) in [6.07, 6.45) is -0.283. The molecule has 0 bridgehead atoms. The van der Waals surface area contributed by atoms with Gasteiger partial charge in [0.1, 0.15) is 11.3 Å². The standard InChI is InChI=1S/C19H17FN2O3/c1-11-5-6-17-15(21-11)9-18(25-17)19(24)22-10-14(23)8-16(22)12-3-2-4-13(20)7-12/h2-7,9,14,16,23H,8,10H2,1H3. The number of aliphatic hydroxyl groups is 1. The number of hydrogen-bond acceptors (Lipinski definition) is 4. The molecule has 2 atom stereocenters. The lowest BCUT2D eigenvalue weighted by Gasteiger charge is -2.23. The third-order valence-corrected chi connectivity index (χ3v) is 4.50. The van der Waals surface area contributed by atoms with Gasteiger partial charge in [0.2, 0.25) is 0 Å². The number of aryl methyl sites for hydroxylation is 1. The van der Waals surface area contributed by atoms with Crippen LogP contribution in [0.25, 0.3) is 11.1 Å². The third kappa shape index (κ3) is 2.89. The maximum absolute atomic E-state index is 13.6. The maximum Gasteiger partial charge on any atom is 0.290 e. The van der Waals surface area contributed by atoms with Crippen LogP contribution in [0.3, 0.4) is 0 Å². The number of hydrogen-bond donors (Lipinski definition) is 1. The summed E-state index contributed by atoms with van der Waals surface area (Å²) in [5, 5.41) is 10.0. The molecule has 5 nitrogen and oxygen atoms in total. The molecule has 3 aromatic rings. The maximum atomic E-state index is 13.6. The van der Waals surface area contributed by atoms with Crippen LogP contribution in [0.1, 0.15) is 34.3 Å². The predicted molar refractivity (Wildman–Crippen MR) is 89.5 cm³/mol. The Morgan fingerprint density at radius 3 is 2.96 bits per heavy atom. The second kappa shape index (κ2) is 5.97. The molecule has 4 rings (SSSR count). The van der Waals surface area contributed by atoms with Crippen LogP contribution in [0.15, 0.2) is 46.9 Å². The number of aromatic nitrogens is 1. The van der Waals surface area contributed by atoms with Gasteiger partial charge in [-0.3, -0.25) is 4.79 Å². The Labute approximate surface area is 143 Å². The molecule has 2 aromatic heterocycles. The van der Waals surface area contributed by atoms with Gasteiger partial charge < -0.3 is 14.4 Å². The van der Waals surface area contributed by atoms with Crippen LogP contribution in [0.4, 0.5) is 4.39 Å². The number of carbonyl (C=O) groups excluding carboxylic acids is 1. The molecular formula is C19H17FN2O3. The number of furan rings is 1. The number of β-amino-alcohol motifs (C(OH)–C–C–N with tert-alkyl or cyclic N) is 1. The van der Waals surface area contributed by atoms with E-state index in [-0.39, 0.29) is 30.1 Å². The van der Waals surface area contributed by atoms with E-state index in [0.29, 0.717) is 23.1 Å². The lowest BCUT2D eigenvalue weighted by Crippen LogP contribution is -2.31. The molecule has 25 heavy (non-hydrogen) atoms. The lowest BCUT2D eigenvalue weighted by molar-refractivity contribution is 0.0686. The Bertz CT molecular complexity index is 953. The van der Waals surface area contributed by atoms with Crippen molar-refractivity contribution in [1.82, 2.24) is 9.88 Å². The number of fused-ring (bicyclic) bond motifs is 1. The first-order chi connectivity index (χ1) is 12.0. The number of pyridine rings is 1. The number of aliphatic hydroxyl groups excluding tert-OH is 1. The zero-order valence-corrected chi connectivity index (χ0v) is 13.6. The van der Waals surface area contributed by atoms with E-state index in [4.69, 9.17) is 4.42 Å². The van der Waals surface area contributed by atoms with Gasteiger partial charge in [0.15, 0.2) is 11.3 Å². The Balaban J connectivity index is 1.69. The van der Waals surface area contributed by atoms with Gasteiger partial charge >= 0.3 is 0 Å². The van der Waals surface area contributed by atoms with E-state index in [1.807, 2.05) is 13.0 Å². The van der Waals surface area contributed by atoms with E-state index in [9.17, 15) is 14.3 Å². The Morgan fingerprint density at radius 1 is 1.32 bits per heavy atom. The van der Waals surface area contributed by atoms with Crippen LogP contribution in [0, 0.1) is 12.7 Å². The van der Waals surface area contributed by atoms with Gasteiger partial charge in [0.25, 0.3) is 5.91 Å². The van der Waals surface area contributed by atoms with E-state index >= 15 is 0 Å². The van der Waals surface area contributed by atoms with Crippen LogP contribution >= 0.6 is 0 Å². The third-order valence-electron chi connectivity index (χ3n) is 4.50. The summed E-state index contributed by atoms with van der Waals surface area (Å²) in [6, 6.07) is 10.9. The summed E-state index contributed by atoms with van der Waals surface area (Å²) in [6.45, 7) is 2.05. The molecule has 0 radical (unpaired) electrons. The number of halogens is 1. The highest BCUT2D eigenvalue weighted by molar-refractivity contribution is 5.95. The average molecular weight is 340 g/mol. The first kappa shape index (κ1) is 15.8. The smallest absolute Gasteiger partial charge is 0.290 e. The van der Waals surface area contributed by atoms with Crippen molar-refractivity contribution in [2.45, 2.75) is 25.5 Å². The van der Waals surface area contributed by atoms with E-state index in [1.165, 1.54) is 17.0 Å². The summed E-state index contributed by atoms with van der Waals surface area (Å²) in [4.78, 5) is 18.8. The average Bonchev–Trinajstić information content (AvgIpc) is 3.17. The van der Waals surface area contributed by atoms with E-state index in [2.05, 4.69) is 4.98 Å². The first-order valence-electron chi connectivity index (χ1n) is 8.13. The van der Waals surface area contributed by atoms with E-state index in [1.54, 1.807) is 24.3 Å². The van der Waals surface area contributed by atoms with Gasteiger partial charge in [0, 0.05) is 18.3 Å². The predicted octanol–water partition coefficient (Wildman–Crippen LogP) is 3.22. The Hall–Kier alpha value is -2.73. The van der Waals surface area contributed by atoms with Gasteiger partial charge in [-0.05, 0) is 43.2 Å². The minimum Gasteiger partial charge on any atom is -0.449 e. The van der Waals surface area contributed by atoms with Crippen LogP contribution in [0.2, 0.25) is 0 Å². The van der Waals surface area contributed by atoms with Gasteiger partial charge in [-0.25, -0.2) is 9.37 Å². The lowest BCUT2D eigenvalue weighted by atomic mass is 10.0. The number of carbonyl (C=O) groups is 1. The van der Waals surface area contributed by atoms with Gasteiger partial charge in [-0.15, -0.1) is 0 Å². The van der Waals surface area contributed by atoms with Gasteiger partial charge in [0.05, 0.1) is 12.1 Å². The molecule has 3 heterocycles. The fraction of sp³-hybridized carbons (Fsp3) is 0.263. The molecule has 1 aliphatic heterocycles. The van der Waals surface area contributed by atoms with Crippen molar-refractivity contribution < 1.29 is 18.7 Å². The number of nitrogens with zero attached hydrogens (tertiary/aromatic N) is 2. The van der Waals surface area contributed by atoms with Crippen LogP contribution < -0.4 is 0 Å². The molecule has 1 saturated heterocycles. The quantitative estimate of drug-likeness (QED) is 0.778. The number of amides is 1. The highest BCUT2D eigenvalue weighted by Crippen LogP contribution is 2.34. The van der Waals surface area contributed by atoms with E-state index in [0.717, 1.165) is 5.69 Å². The number of benzene rings is 1. The molecule has 1 amide bonds. The van der Waals surface area contributed by atoms with Gasteiger partial charge in [-0.1, -0.05) is 12.1 Å². The van der Waals surface area contributed by atoms with Crippen LogP contribution in [0.5, 0.6) is 0 Å². The van der Waals surface area contributed by atoms with Crippen molar-refractivity contribution in [2.75, 3.05) is 6.54 Å². The second-order valence-corrected chi connectivity index (χ2v) is 6.36. The number of rotatable bonds is 2. The molecule has 6 heteroatoms. The minimum absolute atomic E-state index is 0.170. The summed E-state index contributed by atoms with van der Waals surface area (Å²) >= 11 is 0. The molecule has 0 spiro atoms. The van der Waals surface area contributed by atoms with Crippen LogP contribution in [-0.2, 0) is 0 Å². The zero-order valence-electron chi connectivity index (χ0n) is 13.6. The molecule has 1 aliphatic rings. The monoisotopic (exact) mass is 340 g/mol. The van der Waals surface area contributed by atoms with Crippen molar-refractivity contribution in [2.24, 2.45) is 0 Å². The fourth-order valence-electron chi connectivity index (χ4n) is 3.34. The first-order valence-corrected chi connectivity index (χ1v) is 8.13. The summed E-state index contributed by atoms with van der Waals surface area (Å²) in [5.41, 5.74) is 2.65. The fourth-order valence-corrected chi connectivity index (χ4v) is 3.34. The summed E-state index contributed by atoms with van der Waals surface area (Å²) in [7, 11) is 0. The van der Waals surface area contributed by atoms with Crippen molar-refractivity contribution in [3.63, 3.8) is 0 Å². The minimum atomic E-state index is -0.651. The van der Waals surface area contributed by atoms with Crippen molar-refractivity contribution >= 4 is 17.0 Å². The molecule has 0 saturated carbocycles. The number of likely N-dealkylation sites (tertiary alicyclic amines) is 1. The summed E-state index contributed by atoms with van der Waals surface area (Å²) < 4.78 is 19.2. The topological polar surface area (TPSA) is 66.6 Å². The normalized spacial score (nSPS) is 20.4. The van der Waals surface area contributed by atoms with E-state index < -0.39 is 6.10 Å². The Kier molecular flexibility index (Phi) is 3.77. The van der Waals surface area contributed by atoms with Crippen molar-refractivity contribution in [3.05, 3.63) is 65.3 Å². The van der Waals surface area contributed by atoms with Crippen molar-refractivity contribution in [1.29, 1.82) is 0 Å². The molecule has 1 N–H and O–H groups in total. The van der Waals surface area contributed by atoms with Crippen molar-refractivity contribution in [3.8, 4) is 0 Å².